The predicted molar refractivity (Wildman–Crippen MR) is 152 cm³/mol. The zero-order chi connectivity index (χ0) is 30.5. The average Bonchev–Trinajstić information content (AvgIpc) is 2.92. The van der Waals surface area contributed by atoms with Crippen molar-refractivity contribution in [3.05, 3.63) is 88.6 Å². The molecule has 2 aromatic carbocycles. The fourth-order valence-electron chi connectivity index (χ4n) is 4.76. The summed E-state index contributed by atoms with van der Waals surface area (Å²) in [5.41, 5.74) is -0.0622. The average molecular weight is 628 g/mol. The Balaban J connectivity index is 1.59. The number of halogens is 5. The number of aromatic nitrogens is 1. The Morgan fingerprint density at radius 2 is 1.71 bits per heavy atom. The maximum Gasteiger partial charge on any atom is 0.433 e. The van der Waals surface area contributed by atoms with E-state index >= 15 is 0 Å². The first-order chi connectivity index (χ1) is 19.8. The summed E-state index contributed by atoms with van der Waals surface area (Å²) in [6.07, 6.45) is 1.10. The molecule has 1 fully saturated rings. The van der Waals surface area contributed by atoms with Gasteiger partial charge in [-0.05, 0) is 60.7 Å². The van der Waals surface area contributed by atoms with Crippen LogP contribution in [0.1, 0.15) is 60.4 Å². The lowest BCUT2D eigenvalue weighted by Gasteiger charge is -2.23. The van der Waals surface area contributed by atoms with Gasteiger partial charge >= 0.3 is 6.18 Å². The van der Waals surface area contributed by atoms with Crippen LogP contribution >= 0.6 is 11.8 Å². The first-order valence-electron chi connectivity index (χ1n) is 13.3. The zero-order valence-electron chi connectivity index (χ0n) is 22.7. The van der Waals surface area contributed by atoms with Gasteiger partial charge in [-0.25, -0.2) is 22.2 Å². The molecule has 0 spiro atoms. The fourth-order valence-corrected chi connectivity index (χ4v) is 6.65. The topological polar surface area (TPSA) is 88.2 Å². The second kappa shape index (κ2) is 13.4. The highest BCUT2D eigenvalue weighted by atomic mass is 32.2. The van der Waals surface area contributed by atoms with Gasteiger partial charge in [0, 0.05) is 17.4 Å². The third kappa shape index (κ3) is 8.90. The van der Waals surface area contributed by atoms with Crippen LogP contribution in [0.2, 0.25) is 0 Å². The number of nitrogens with zero attached hydrogens (tertiary/aromatic N) is 1. The van der Waals surface area contributed by atoms with E-state index in [0.717, 1.165) is 50.5 Å². The van der Waals surface area contributed by atoms with Crippen molar-refractivity contribution in [2.24, 2.45) is 0 Å². The molecule has 0 radical (unpaired) electrons. The van der Waals surface area contributed by atoms with Crippen molar-refractivity contribution >= 4 is 33.4 Å². The van der Waals surface area contributed by atoms with Gasteiger partial charge in [-0.2, -0.15) is 13.2 Å². The summed E-state index contributed by atoms with van der Waals surface area (Å²) in [5.74, 6) is -2.89. The van der Waals surface area contributed by atoms with E-state index in [9.17, 15) is 35.2 Å². The number of hydrogen-bond acceptors (Lipinski definition) is 5. The van der Waals surface area contributed by atoms with Gasteiger partial charge in [0.2, 0.25) is 15.9 Å². The highest BCUT2D eigenvalue weighted by Crippen LogP contribution is 2.37. The van der Waals surface area contributed by atoms with Crippen molar-refractivity contribution in [1.29, 1.82) is 0 Å². The minimum Gasteiger partial charge on any atom is -0.351 e. The lowest BCUT2D eigenvalue weighted by molar-refractivity contribution is -0.141. The number of carbonyl (C=O) groups excluding carboxylic acids is 1. The highest BCUT2D eigenvalue weighted by Gasteiger charge is 2.33. The number of hydrogen-bond donors (Lipinski definition) is 2. The molecule has 0 saturated heterocycles. The van der Waals surface area contributed by atoms with Crippen molar-refractivity contribution < 1.29 is 35.2 Å². The molecule has 1 saturated carbocycles. The number of rotatable bonds is 10. The van der Waals surface area contributed by atoms with Crippen LogP contribution in [0, 0.1) is 11.6 Å². The van der Waals surface area contributed by atoms with Gasteiger partial charge in [0.15, 0.2) is 0 Å². The van der Waals surface area contributed by atoms with Crippen LogP contribution in [0.25, 0.3) is 0 Å². The van der Waals surface area contributed by atoms with Gasteiger partial charge < -0.3 is 5.32 Å². The second-order valence-corrected chi connectivity index (χ2v) is 13.3. The Labute approximate surface area is 245 Å². The standard InChI is InChI=1S/C29H30F5N3O3S2/c1-42(39,40)37-25-13-9-19(16-24(25)31)23(15-18-7-11-21(30)12-8-18)27(38)35-17-20-10-14-26(29(32,33)34)36-28(20)41-22-5-3-2-4-6-22/h7-14,16,22-23,37H,2-6,15,17H2,1H3,(H,35,38). The van der Waals surface area contributed by atoms with Crippen molar-refractivity contribution in [2.75, 3.05) is 11.0 Å². The van der Waals surface area contributed by atoms with E-state index in [1.807, 2.05) is 0 Å². The molecular weight excluding hydrogens is 597 g/mol. The molecule has 1 aliphatic rings. The van der Waals surface area contributed by atoms with E-state index in [2.05, 4.69) is 15.0 Å². The van der Waals surface area contributed by atoms with Crippen molar-refractivity contribution in [1.82, 2.24) is 10.3 Å². The number of alkyl halides is 3. The van der Waals surface area contributed by atoms with Crippen molar-refractivity contribution in [3.63, 3.8) is 0 Å². The van der Waals surface area contributed by atoms with Crippen LogP contribution in [0.15, 0.2) is 59.6 Å². The van der Waals surface area contributed by atoms with E-state index in [4.69, 9.17) is 0 Å². The van der Waals surface area contributed by atoms with E-state index in [1.54, 1.807) is 0 Å². The molecule has 6 nitrogen and oxygen atoms in total. The summed E-state index contributed by atoms with van der Waals surface area (Å²) >= 11 is 1.29. The molecule has 1 aliphatic carbocycles. The molecule has 3 aromatic rings. The summed E-state index contributed by atoms with van der Waals surface area (Å²) in [6, 6.07) is 11.3. The van der Waals surface area contributed by atoms with E-state index < -0.39 is 45.4 Å². The number of nitrogens with one attached hydrogen (secondary N) is 2. The number of anilines is 1. The van der Waals surface area contributed by atoms with Crippen LogP contribution in [0.5, 0.6) is 0 Å². The van der Waals surface area contributed by atoms with Crippen LogP contribution < -0.4 is 10.0 Å². The van der Waals surface area contributed by atoms with Gasteiger partial charge in [0.25, 0.3) is 0 Å². The summed E-state index contributed by atoms with van der Waals surface area (Å²) in [6.45, 7) is -0.116. The smallest absolute Gasteiger partial charge is 0.351 e. The molecule has 13 heteroatoms. The molecule has 42 heavy (non-hydrogen) atoms. The number of benzene rings is 2. The van der Waals surface area contributed by atoms with E-state index in [0.29, 0.717) is 11.1 Å². The fraction of sp³-hybridized carbons (Fsp3) is 0.379. The van der Waals surface area contributed by atoms with Gasteiger partial charge in [0.05, 0.1) is 17.9 Å². The lowest BCUT2D eigenvalue weighted by atomic mass is 9.90. The Hall–Kier alpha value is -3.19. The van der Waals surface area contributed by atoms with Crippen LogP contribution in [0.4, 0.5) is 27.6 Å². The third-order valence-electron chi connectivity index (χ3n) is 6.87. The van der Waals surface area contributed by atoms with Crippen LogP contribution in [-0.4, -0.2) is 30.8 Å². The third-order valence-corrected chi connectivity index (χ3v) is 8.85. The van der Waals surface area contributed by atoms with Crippen LogP contribution in [-0.2, 0) is 34.0 Å². The molecule has 1 aromatic heterocycles. The molecule has 0 bridgehead atoms. The number of pyridine rings is 1. The molecule has 4 rings (SSSR count). The number of sulfonamides is 1. The molecule has 0 aliphatic heterocycles. The van der Waals surface area contributed by atoms with Crippen molar-refractivity contribution in [2.45, 2.75) is 67.4 Å². The molecule has 1 unspecified atom stereocenters. The quantitative estimate of drug-likeness (QED) is 0.241. The molecule has 226 valence electrons. The first kappa shape index (κ1) is 31.7. The summed E-state index contributed by atoms with van der Waals surface area (Å²) < 4.78 is 93.8. The zero-order valence-corrected chi connectivity index (χ0v) is 24.3. The Morgan fingerprint density at radius 1 is 1.02 bits per heavy atom. The molecule has 1 atom stereocenters. The largest absolute Gasteiger partial charge is 0.433 e. The number of thioether (sulfide) groups is 1. The molecule has 1 amide bonds. The second-order valence-electron chi connectivity index (χ2n) is 10.3. The predicted octanol–water partition coefficient (Wildman–Crippen LogP) is 6.82. The maximum atomic E-state index is 14.8. The summed E-state index contributed by atoms with van der Waals surface area (Å²) in [5, 5.41) is 3.08. The van der Waals surface area contributed by atoms with Gasteiger partial charge in [0.1, 0.15) is 22.4 Å². The minimum atomic E-state index is -4.62. The number of amides is 1. The van der Waals surface area contributed by atoms with Gasteiger partial charge in [-0.1, -0.05) is 43.5 Å². The normalized spacial score (nSPS) is 15.3. The first-order valence-corrected chi connectivity index (χ1v) is 16.1. The van der Waals surface area contributed by atoms with E-state index in [1.165, 1.54) is 54.2 Å². The van der Waals surface area contributed by atoms with Gasteiger partial charge in [-0.3, -0.25) is 9.52 Å². The highest BCUT2D eigenvalue weighted by molar-refractivity contribution is 7.99. The van der Waals surface area contributed by atoms with Gasteiger partial charge in [-0.15, -0.1) is 11.8 Å². The Kier molecular flexibility index (Phi) is 10.1. The lowest BCUT2D eigenvalue weighted by Crippen LogP contribution is -2.30. The molecular formula is C29H30F5N3O3S2. The van der Waals surface area contributed by atoms with E-state index in [-0.39, 0.29) is 34.5 Å². The summed E-state index contributed by atoms with van der Waals surface area (Å²) in [4.78, 5) is 17.4. The monoisotopic (exact) mass is 627 g/mol. The van der Waals surface area contributed by atoms with Crippen LogP contribution in [0.3, 0.4) is 0 Å². The molecule has 1 heterocycles. The minimum absolute atomic E-state index is 0.0549. The van der Waals surface area contributed by atoms with Crippen molar-refractivity contribution in [3.8, 4) is 0 Å². The number of carbonyl (C=O) groups is 1. The molecule has 2 N–H and O–H groups in total. The summed E-state index contributed by atoms with van der Waals surface area (Å²) in [7, 11) is -3.75. The Bertz CT molecular complexity index is 1510. The Morgan fingerprint density at radius 3 is 2.33 bits per heavy atom. The maximum absolute atomic E-state index is 14.8. The SMILES string of the molecule is CS(=O)(=O)Nc1ccc(C(Cc2ccc(F)cc2)C(=O)NCc2ccc(C(F)(F)F)nc2SC2CCCCC2)cc1F.